The molecule has 0 spiro atoms. The topological polar surface area (TPSA) is 46.2 Å². The summed E-state index contributed by atoms with van der Waals surface area (Å²) in [7, 11) is -3.50. The zero-order chi connectivity index (χ0) is 46.2. The predicted molar refractivity (Wildman–Crippen MR) is 273 cm³/mol. The van der Waals surface area contributed by atoms with Gasteiger partial charge in [-0.3, -0.25) is 9.05 Å². The van der Waals surface area contributed by atoms with E-state index >= 15 is 0 Å². The van der Waals surface area contributed by atoms with Crippen molar-refractivity contribution >= 4 is 32.4 Å². The van der Waals surface area contributed by atoms with Crippen LogP contribution >= 0.6 is 16.5 Å². The predicted octanol–water partition coefficient (Wildman–Crippen LogP) is 13.9. The van der Waals surface area contributed by atoms with E-state index in [1.54, 1.807) is 0 Å². The van der Waals surface area contributed by atoms with E-state index < -0.39 is 45.7 Å². The van der Waals surface area contributed by atoms with Crippen LogP contribution in [0.4, 0.5) is 0 Å². The summed E-state index contributed by atoms with van der Waals surface area (Å²) in [6.45, 7) is 17.9. The van der Waals surface area contributed by atoms with E-state index in [2.05, 4.69) is 211 Å². The molecular weight excluding hydrogens is 851 g/mol. The summed E-state index contributed by atoms with van der Waals surface area (Å²) in [6.07, 6.45) is 0.402. The number of benzene rings is 7. The third-order valence-electron chi connectivity index (χ3n) is 13.9. The SMILES string of the molecule is CCC(C)(C)c1cc(P(c2ccccc2)c2ccccc2)c(OP2OC(c3ccccc3)(c3ccccc3)[C@@H]3OC(C)(C)O[C@H]3C(c3ccccc3)(c3ccccc3)O2)c(C(C)(C)CC)c1. The standard InChI is InChI=1S/C59H62O5P2/c1-9-55(3,4)47-41-50(56(5,6)10-2)52(51(42-47)65(48-37-25-15-26-38-48)49-39-27-16-28-40-49)62-66-63-58(43-29-17-11-18-30-43,44-31-19-12-20-32-44)53-54(61-57(7,8)60-53)59(64-66,45-33-21-13-22-34-45)46-35-23-14-24-36-46/h11-42,53-54H,9-10H2,1-8H3/t53-,54-/m1/s1. The second kappa shape index (κ2) is 18.6. The van der Waals surface area contributed by atoms with Gasteiger partial charge in [-0.2, -0.15) is 0 Å². The number of fused-ring (bicyclic) bond motifs is 1. The molecule has 2 atom stereocenters. The summed E-state index contributed by atoms with van der Waals surface area (Å²) in [4.78, 5) is 0. The molecule has 2 aliphatic heterocycles. The van der Waals surface area contributed by atoms with Gasteiger partial charge in [0.25, 0.3) is 0 Å². The zero-order valence-corrected chi connectivity index (χ0v) is 41.3. The van der Waals surface area contributed by atoms with Crippen LogP contribution in [0.1, 0.15) is 102 Å². The molecule has 66 heavy (non-hydrogen) atoms. The van der Waals surface area contributed by atoms with Crippen molar-refractivity contribution in [3.05, 3.63) is 228 Å². The third kappa shape index (κ3) is 8.49. The van der Waals surface area contributed by atoms with Gasteiger partial charge in [-0.15, -0.1) is 0 Å². The normalized spacial score (nSPS) is 19.2. The molecule has 7 aromatic rings. The van der Waals surface area contributed by atoms with Gasteiger partial charge >= 0.3 is 8.60 Å². The summed E-state index contributed by atoms with van der Waals surface area (Å²) >= 11 is 0. The minimum Gasteiger partial charge on any atom is -0.426 e. The van der Waals surface area contributed by atoms with Crippen LogP contribution in [0.25, 0.3) is 0 Å². The Balaban J connectivity index is 1.39. The van der Waals surface area contributed by atoms with Gasteiger partial charge in [0.1, 0.15) is 18.0 Å². The quantitative estimate of drug-likeness (QED) is 0.108. The van der Waals surface area contributed by atoms with Gasteiger partial charge in [-0.1, -0.05) is 230 Å². The van der Waals surface area contributed by atoms with E-state index in [9.17, 15) is 0 Å². The van der Waals surface area contributed by atoms with Crippen molar-refractivity contribution in [2.75, 3.05) is 0 Å². The molecular formula is C59H62O5P2. The third-order valence-corrected chi connectivity index (χ3v) is 17.6. The van der Waals surface area contributed by atoms with Crippen molar-refractivity contribution in [2.45, 2.75) is 108 Å². The fourth-order valence-corrected chi connectivity index (χ4v) is 13.6. The number of hydrogen-bond acceptors (Lipinski definition) is 5. The Morgan fingerprint density at radius 2 is 0.848 bits per heavy atom. The van der Waals surface area contributed by atoms with E-state index in [0.29, 0.717) is 0 Å². The Morgan fingerprint density at radius 1 is 0.500 bits per heavy atom. The van der Waals surface area contributed by atoms with Gasteiger partial charge in [0, 0.05) is 10.9 Å². The molecule has 338 valence electrons. The van der Waals surface area contributed by atoms with E-state index in [0.717, 1.165) is 51.7 Å². The molecule has 2 aliphatic rings. The van der Waals surface area contributed by atoms with Crippen molar-refractivity contribution in [1.29, 1.82) is 0 Å². The second-order valence-electron chi connectivity index (χ2n) is 19.3. The molecule has 0 N–H and O–H groups in total. The molecule has 7 heteroatoms. The minimum atomic E-state index is -2.34. The smallest absolute Gasteiger partial charge is 0.399 e. The molecule has 0 amide bonds. The molecule has 9 rings (SSSR count). The average molecular weight is 913 g/mol. The van der Waals surface area contributed by atoms with Crippen LogP contribution in [0.5, 0.6) is 5.75 Å². The first-order valence-electron chi connectivity index (χ1n) is 23.4. The van der Waals surface area contributed by atoms with Gasteiger partial charge in [0.15, 0.2) is 17.0 Å². The van der Waals surface area contributed by atoms with Gasteiger partial charge in [-0.05, 0) is 89.9 Å². The summed E-state index contributed by atoms with van der Waals surface area (Å²) < 4.78 is 38.5. The summed E-state index contributed by atoms with van der Waals surface area (Å²) in [5.41, 5.74) is 3.08. The maximum absolute atomic E-state index is 7.97. The minimum absolute atomic E-state index is 0.120. The van der Waals surface area contributed by atoms with Gasteiger partial charge in [-0.25, -0.2) is 0 Å². The van der Waals surface area contributed by atoms with Crippen LogP contribution in [0, 0.1) is 0 Å². The lowest BCUT2D eigenvalue weighted by molar-refractivity contribution is -0.175. The highest BCUT2D eigenvalue weighted by Gasteiger charge is 2.67. The Morgan fingerprint density at radius 3 is 1.20 bits per heavy atom. The molecule has 2 saturated heterocycles. The molecule has 0 bridgehead atoms. The first-order valence-corrected chi connectivity index (χ1v) is 25.8. The maximum atomic E-state index is 7.97. The largest absolute Gasteiger partial charge is 0.426 e. The summed E-state index contributed by atoms with van der Waals surface area (Å²) in [5.74, 6) is -0.219. The highest BCUT2D eigenvalue weighted by molar-refractivity contribution is 7.80. The van der Waals surface area contributed by atoms with E-state index in [1.165, 1.54) is 16.2 Å². The lowest BCUT2D eigenvalue weighted by atomic mass is 9.72. The van der Waals surface area contributed by atoms with Gasteiger partial charge in [0.2, 0.25) is 0 Å². The Kier molecular flexibility index (Phi) is 13.0. The summed E-state index contributed by atoms with van der Waals surface area (Å²) in [6, 6.07) is 68.4. The van der Waals surface area contributed by atoms with Gasteiger partial charge < -0.3 is 14.0 Å². The molecule has 2 heterocycles. The highest BCUT2D eigenvalue weighted by Crippen LogP contribution is 2.65. The molecule has 0 aromatic heterocycles. The van der Waals surface area contributed by atoms with Crippen LogP contribution in [0.2, 0.25) is 0 Å². The van der Waals surface area contributed by atoms with Crippen LogP contribution in [0.3, 0.4) is 0 Å². The van der Waals surface area contributed by atoms with Crippen molar-refractivity contribution in [3.63, 3.8) is 0 Å². The zero-order valence-electron chi connectivity index (χ0n) is 39.5. The van der Waals surface area contributed by atoms with Crippen molar-refractivity contribution < 1.29 is 23.0 Å². The lowest BCUT2D eigenvalue weighted by Gasteiger charge is -2.41. The van der Waals surface area contributed by atoms with E-state index in [-0.39, 0.29) is 10.8 Å². The molecule has 0 aliphatic carbocycles. The summed E-state index contributed by atoms with van der Waals surface area (Å²) in [5, 5.41) is 3.59. The average Bonchev–Trinajstić information content (AvgIpc) is 3.64. The first kappa shape index (κ1) is 46.2. The van der Waals surface area contributed by atoms with Crippen LogP contribution in [-0.2, 0) is 40.6 Å². The van der Waals surface area contributed by atoms with Crippen molar-refractivity contribution in [2.24, 2.45) is 0 Å². The monoisotopic (exact) mass is 912 g/mol. The first-order chi connectivity index (χ1) is 31.8. The lowest BCUT2D eigenvalue weighted by Crippen LogP contribution is -2.53. The highest BCUT2D eigenvalue weighted by atomic mass is 31.2. The van der Waals surface area contributed by atoms with Crippen LogP contribution in [-0.4, -0.2) is 18.0 Å². The van der Waals surface area contributed by atoms with Crippen molar-refractivity contribution in [1.82, 2.24) is 0 Å². The molecule has 2 fully saturated rings. The molecule has 5 nitrogen and oxygen atoms in total. The fraction of sp³-hybridized carbons (Fsp3) is 0.288. The molecule has 0 saturated carbocycles. The number of hydrogen-bond donors (Lipinski definition) is 0. The number of ether oxygens (including phenoxy) is 2. The van der Waals surface area contributed by atoms with Crippen LogP contribution in [0.15, 0.2) is 194 Å². The maximum Gasteiger partial charge on any atom is 0.399 e. The molecule has 0 radical (unpaired) electrons. The fourth-order valence-electron chi connectivity index (χ4n) is 9.51. The van der Waals surface area contributed by atoms with E-state index in [4.69, 9.17) is 23.0 Å². The Labute approximate surface area is 395 Å². The Hall–Kier alpha value is -4.96. The second-order valence-corrected chi connectivity index (χ2v) is 22.4. The van der Waals surface area contributed by atoms with E-state index in [1.807, 2.05) is 38.1 Å². The van der Waals surface area contributed by atoms with Gasteiger partial charge in [0.05, 0.1) is 0 Å². The molecule has 0 unspecified atom stereocenters. The number of rotatable bonds is 13. The Bertz CT molecular complexity index is 2470. The molecule has 7 aromatic carbocycles. The van der Waals surface area contributed by atoms with Crippen molar-refractivity contribution in [3.8, 4) is 5.75 Å². The van der Waals surface area contributed by atoms with Crippen LogP contribution < -0.4 is 20.4 Å².